The highest BCUT2D eigenvalue weighted by atomic mass is 16.5. The molecule has 122 valence electrons. The maximum atomic E-state index is 12.5. The van der Waals surface area contributed by atoms with Crippen molar-refractivity contribution in [3.63, 3.8) is 0 Å². The molecule has 2 aromatic rings. The first-order valence-electron chi connectivity index (χ1n) is 7.81. The Morgan fingerprint density at radius 3 is 2.91 bits per heavy atom. The highest BCUT2D eigenvalue weighted by molar-refractivity contribution is 6.00. The van der Waals surface area contributed by atoms with Gasteiger partial charge in [0.1, 0.15) is 11.4 Å². The number of aryl methyl sites for hydroxylation is 1. The zero-order chi connectivity index (χ0) is 16.4. The third-order valence-corrected chi connectivity index (χ3v) is 4.16. The van der Waals surface area contributed by atoms with E-state index in [0.29, 0.717) is 29.5 Å². The van der Waals surface area contributed by atoms with E-state index in [9.17, 15) is 4.79 Å². The number of hydrogen-bond donors (Lipinski definition) is 2. The molecule has 1 amide bonds. The van der Waals surface area contributed by atoms with Crippen LogP contribution in [0.1, 0.15) is 23.2 Å². The first-order valence-corrected chi connectivity index (χ1v) is 7.81. The molecule has 0 aliphatic heterocycles. The molecule has 1 atom stereocenters. The third-order valence-electron chi connectivity index (χ3n) is 4.16. The van der Waals surface area contributed by atoms with E-state index in [0.717, 1.165) is 18.4 Å². The Balaban J connectivity index is 1.83. The van der Waals surface area contributed by atoms with Gasteiger partial charge >= 0.3 is 0 Å². The Morgan fingerprint density at radius 2 is 2.22 bits per heavy atom. The lowest BCUT2D eigenvalue weighted by molar-refractivity contribution is 0.0951. The number of hydrogen-bond acceptors (Lipinski definition) is 4. The smallest absolute Gasteiger partial charge is 0.255 e. The molecule has 1 saturated carbocycles. The number of para-hydroxylation sites is 1. The topological polar surface area (TPSA) is 82.2 Å². The van der Waals surface area contributed by atoms with Crippen LogP contribution in [0.4, 0.5) is 0 Å². The van der Waals surface area contributed by atoms with Crippen LogP contribution in [0.3, 0.4) is 0 Å². The molecule has 0 radical (unpaired) electrons. The van der Waals surface area contributed by atoms with Gasteiger partial charge in [0.2, 0.25) is 0 Å². The van der Waals surface area contributed by atoms with Crippen LogP contribution in [-0.2, 0) is 7.05 Å². The number of carbonyl (C=O) groups is 1. The number of nitrogens with one attached hydrogen (secondary N) is 1. The fraction of sp³-hybridized carbons (Fsp3) is 0.412. The van der Waals surface area contributed by atoms with Gasteiger partial charge in [0.25, 0.3) is 5.91 Å². The van der Waals surface area contributed by atoms with Gasteiger partial charge in [0.05, 0.1) is 12.7 Å². The zero-order valence-corrected chi connectivity index (χ0v) is 13.5. The number of nitrogens with two attached hydrogens (primary N) is 1. The first-order chi connectivity index (χ1) is 11.1. The lowest BCUT2D eigenvalue weighted by Crippen LogP contribution is -2.38. The Morgan fingerprint density at radius 1 is 1.48 bits per heavy atom. The summed E-state index contributed by atoms with van der Waals surface area (Å²) in [6, 6.07) is 7.57. The van der Waals surface area contributed by atoms with E-state index in [1.54, 1.807) is 25.0 Å². The number of benzene rings is 1. The number of nitrogens with zero attached hydrogens (tertiary/aromatic N) is 2. The molecule has 1 heterocycles. The molecule has 6 nitrogen and oxygen atoms in total. The molecule has 0 bridgehead atoms. The minimum atomic E-state index is -0.157. The van der Waals surface area contributed by atoms with E-state index < -0.39 is 0 Å². The molecule has 1 aliphatic carbocycles. The van der Waals surface area contributed by atoms with E-state index in [2.05, 4.69) is 10.4 Å². The average Bonchev–Trinajstić information content (AvgIpc) is 3.34. The summed E-state index contributed by atoms with van der Waals surface area (Å²) in [5.74, 6) is 1.09. The van der Waals surface area contributed by atoms with E-state index in [-0.39, 0.29) is 11.9 Å². The maximum Gasteiger partial charge on any atom is 0.255 e. The number of rotatable bonds is 6. The predicted molar refractivity (Wildman–Crippen MR) is 88.2 cm³/mol. The molecule has 1 aliphatic rings. The minimum absolute atomic E-state index is 0.0327. The fourth-order valence-corrected chi connectivity index (χ4v) is 2.69. The standard InChI is InChI=1S/C17H22N4O2/c1-21-10-13(17(22)19-9-14(18)11-7-8-11)16(20-21)12-5-3-4-6-15(12)23-2/h3-6,10-11,14H,7-9,18H2,1-2H3,(H,19,22). The largest absolute Gasteiger partial charge is 0.496 e. The molecule has 6 heteroatoms. The van der Waals surface area contributed by atoms with Gasteiger partial charge in [-0.15, -0.1) is 0 Å². The van der Waals surface area contributed by atoms with Crippen molar-refractivity contribution in [1.29, 1.82) is 0 Å². The Kier molecular flexibility index (Phi) is 4.34. The summed E-state index contributed by atoms with van der Waals surface area (Å²) in [4.78, 5) is 12.5. The summed E-state index contributed by atoms with van der Waals surface area (Å²) in [7, 11) is 3.40. The molecule has 1 aromatic carbocycles. The van der Waals surface area contributed by atoms with Crippen LogP contribution in [0.2, 0.25) is 0 Å². The van der Waals surface area contributed by atoms with Crippen LogP contribution < -0.4 is 15.8 Å². The van der Waals surface area contributed by atoms with Gasteiger partial charge in [-0.3, -0.25) is 9.48 Å². The van der Waals surface area contributed by atoms with E-state index in [4.69, 9.17) is 10.5 Å². The minimum Gasteiger partial charge on any atom is -0.496 e. The number of aromatic nitrogens is 2. The lowest BCUT2D eigenvalue weighted by atomic mass is 10.1. The van der Waals surface area contributed by atoms with Crippen LogP contribution in [0.15, 0.2) is 30.5 Å². The predicted octanol–water partition coefficient (Wildman–Crippen LogP) is 1.56. The third kappa shape index (κ3) is 3.37. The molecule has 1 aromatic heterocycles. The van der Waals surface area contributed by atoms with E-state index in [1.165, 1.54) is 0 Å². The van der Waals surface area contributed by atoms with Crippen molar-refractivity contribution in [3.05, 3.63) is 36.0 Å². The summed E-state index contributed by atoms with van der Waals surface area (Å²) < 4.78 is 7.02. The molecule has 0 saturated heterocycles. The van der Waals surface area contributed by atoms with Crippen molar-refractivity contribution < 1.29 is 9.53 Å². The monoisotopic (exact) mass is 314 g/mol. The highest BCUT2D eigenvalue weighted by Crippen LogP contribution is 2.32. The van der Waals surface area contributed by atoms with Gasteiger partial charge in [0, 0.05) is 31.4 Å². The van der Waals surface area contributed by atoms with Gasteiger partial charge in [-0.25, -0.2) is 0 Å². The van der Waals surface area contributed by atoms with Crippen LogP contribution in [0.25, 0.3) is 11.3 Å². The molecular formula is C17H22N4O2. The normalized spacial score (nSPS) is 15.3. The summed E-state index contributed by atoms with van der Waals surface area (Å²) in [5.41, 5.74) is 7.99. The van der Waals surface area contributed by atoms with Gasteiger partial charge in [0.15, 0.2) is 0 Å². The van der Waals surface area contributed by atoms with Crippen LogP contribution in [-0.4, -0.2) is 35.4 Å². The Hall–Kier alpha value is -2.34. The van der Waals surface area contributed by atoms with Gasteiger partial charge in [-0.2, -0.15) is 5.10 Å². The Labute approximate surface area is 135 Å². The highest BCUT2D eigenvalue weighted by Gasteiger charge is 2.29. The van der Waals surface area contributed by atoms with Crippen molar-refractivity contribution in [2.75, 3.05) is 13.7 Å². The molecule has 1 unspecified atom stereocenters. The molecule has 23 heavy (non-hydrogen) atoms. The number of ether oxygens (including phenoxy) is 1. The second kappa shape index (κ2) is 6.42. The Bertz CT molecular complexity index is 706. The summed E-state index contributed by atoms with van der Waals surface area (Å²) in [6.07, 6.45) is 4.05. The van der Waals surface area contributed by atoms with E-state index in [1.807, 2.05) is 24.3 Å². The van der Waals surface area contributed by atoms with Crippen LogP contribution in [0.5, 0.6) is 5.75 Å². The van der Waals surface area contributed by atoms with Crippen molar-refractivity contribution in [2.45, 2.75) is 18.9 Å². The lowest BCUT2D eigenvalue weighted by Gasteiger charge is -2.12. The number of carbonyl (C=O) groups excluding carboxylic acids is 1. The number of amides is 1. The molecule has 3 rings (SSSR count). The second-order valence-electron chi connectivity index (χ2n) is 5.98. The average molecular weight is 314 g/mol. The fourth-order valence-electron chi connectivity index (χ4n) is 2.69. The van der Waals surface area contributed by atoms with Crippen LogP contribution in [0, 0.1) is 5.92 Å². The SMILES string of the molecule is COc1ccccc1-c1nn(C)cc1C(=O)NCC(N)C1CC1. The first kappa shape index (κ1) is 15.6. The summed E-state index contributed by atoms with van der Waals surface area (Å²) in [6.45, 7) is 0.490. The van der Waals surface area contributed by atoms with Gasteiger partial charge < -0.3 is 15.8 Å². The second-order valence-corrected chi connectivity index (χ2v) is 5.98. The van der Waals surface area contributed by atoms with E-state index >= 15 is 0 Å². The van der Waals surface area contributed by atoms with Crippen molar-refractivity contribution >= 4 is 5.91 Å². The summed E-state index contributed by atoms with van der Waals surface area (Å²) in [5, 5.41) is 7.35. The van der Waals surface area contributed by atoms with Crippen LogP contribution >= 0.6 is 0 Å². The van der Waals surface area contributed by atoms with Gasteiger partial charge in [-0.05, 0) is 30.9 Å². The van der Waals surface area contributed by atoms with Crippen molar-refractivity contribution in [2.24, 2.45) is 18.7 Å². The van der Waals surface area contributed by atoms with Crippen molar-refractivity contribution in [3.8, 4) is 17.0 Å². The molecule has 0 spiro atoms. The molecular weight excluding hydrogens is 292 g/mol. The maximum absolute atomic E-state index is 12.5. The zero-order valence-electron chi connectivity index (χ0n) is 13.5. The quantitative estimate of drug-likeness (QED) is 0.848. The summed E-state index contributed by atoms with van der Waals surface area (Å²) >= 11 is 0. The molecule has 1 fully saturated rings. The molecule has 3 N–H and O–H groups in total. The number of methoxy groups -OCH3 is 1. The van der Waals surface area contributed by atoms with Gasteiger partial charge in [-0.1, -0.05) is 12.1 Å². The van der Waals surface area contributed by atoms with Crippen molar-refractivity contribution in [1.82, 2.24) is 15.1 Å².